The Morgan fingerprint density at radius 2 is 1.76 bits per heavy atom. The van der Waals surface area contributed by atoms with Crippen molar-refractivity contribution in [2.75, 3.05) is 18.4 Å². The Hall–Kier alpha value is -1.21. The van der Waals surface area contributed by atoms with Gasteiger partial charge in [0.1, 0.15) is 0 Å². The number of halogens is 1. The summed E-state index contributed by atoms with van der Waals surface area (Å²) in [7, 11) is 0. The summed E-state index contributed by atoms with van der Waals surface area (Å²) in [5.41, 5.74) is 1.39. The number of hydrogen-bond acceptors (Lipinski definition) is 4. The van der Waals surface area contributed by atoms with E-state index in [-0.39, 0.29) is 0 Å². The number of aromatic nitrogens is 2. The summed E-state index contributed by atoms with van der Waals surface area (Å²) in [6, 6.07) is 11.2. The lowest BCUT2D eigenvalue weighted by Crippen LogP contribution is -2.38. The summed E-state index contributed by atoms with van der Waals surface area (Å²) in [6.45, 7) is 3.29. The Labute approximate surface area is 139 Å². The van der Waals surface area contributed by atoms with Crippen LogP contribution in [0, 0.1) is 3.57 Å². The molecule has 0 radical (unpaired) electrons. The van der Waals surface area contributed by atoms with Gasteiger partial charge in [-0.3, -0.25) is 4.90 Å². The number of rotatable bonds is 4. The van der Waals surface area contributed by atoms with Gasteiger partial charge in [0.2, 0.25) is 5.95 Å². The molecule has 1 fully saturated rings. The van der Waals surface area contributed by atoms with Crippen molar-refractivity contribution in [3.05, 3.63) is 51.9 Å². The van der Waals surface area contributed by atoms with Gasteiger partial charge in [0.15, 0.2) is 0 Å². The molecule has 0 unspecified atom stereocenters. The van der Waals surface area contributed by atoms with E-state index in [0.717, 1.165) is 42.0 Å². The van der Waals surface area contributed by atoms with Gasteiger partial charge in [-0.2, -0.15) is 0 Å². The van der Waals surface area contributed by atoms with Gasteiger partial charge in [0.05, 0.1) is 0 Å². The highest BCUT2D eigenvalue weighted by Gasteiger charge is 2.19. The molecule has 2 aromatic rings. The Bertz CT molecular complexity index is 550. The number of hydrogen-bond donors (Lipinski definition) is 1. The zero-order valence-electron chi connectivity index (χ0n) is 11.9. The van der Waals surface area contributed by atoms with Gasteiger partial charge in [-0.1, -0.05) is 30.3 Å². The second-order valence-corrected chi connectivity index (χ2v) is 6.65. The maximum atomic E-state index is 4.32. The second kappa shape index (κ2) is 7.17. The van der Waals surface area contributed by atoms with Gasteiger partial charge in [0, 0.05) is 41.6 Å². The van der Waals surface area contributed by atoms with Crippen molar-refractivity contribution in [2.24, 2.45) is 0 Å². The Kier molecular flexibility index (Phi) is 5.03. The standard InChI is InChI=1S/C16H19IN4/c17-14-10-18-16(19-11-14)20-15-6-8-21(9-7-15)12-13-4-2-1-3-5-13/h1-5,10-11,15H,6-9,12H2,(H,18,19,20). The van der Waals surface area contributed by atoms with Crippen molar-refractivity contribution in [2.45, 2.75) is 25.4 Å². The highest BCUT2D eigenvalue weighted by molar-refractivity contribution is 14.1. The predicted molar refractivity (Wildman–Crippen MR) is 93.1 cm³/mol. The summed E-state index contributed by atoms with van der Waals surface area (Å²) in [4.78, 5) is 11.1. The van der Waals surface area contributed by atoms with E-state index in [4.69, 9.17) is 0 Å². The van der Waals surface area contributed by atoms with Crippen LogP contribution in [0.1, 0.15) is 18.4 Å². The van der Waals surface area contributed by atoms with Gasteiger partial charge in [-0.05, 0) is 41.0 Å². The maximum absolute atomic E-state index is 4.32. The third-order valence-electron chi connectivity index (χ3n) is 3.79. The van der Waals surface area contributed by atoms with Crippen molar-refractivity contribution in [1.29, 1.82) is 0 Å². The fourth-order valence-electron chi connectivity index (χ4n) is 2.65. The lowest BCUT2D eigenvalue weighted by Gasteiger charge is -2.32. The molecule has 0 bridgehead atoms. The lowest BCUT2D eigenvalue weighted by atomic mass is 10.0. The quantitative estimate of drug-likeness (QED) is 0.810. The minimum atomic E-state index is 0.483. The van der Waals surface area contributed by atoms with Gasteiger partial charge in [-0.15, -0.1) is 0 Å². The van der Waals surface area contributed by atoms with Crippen molar-refractivity contribution < 1.29 is 0 Å². The number of piperidine rings is 1. The molecule has 1 saturated heterocycles. The molecule has 4 nitrogen and oxygen atoms in total. The zero-order valence-corrected chi connectivity index (χ0v) is 14.0. The minimum absolute atomic E-state index is 0.483. The first-order valence-corrected chi connectivity index (χ1v) is 8.38. The van der Waals surface area contributed by atoms with E-state index >= 15 is 0 Å². The summed E-state index contributed by atoms with van der Waals surface area (Å²) >= 11 is 2.22. The number of anilines is 1. The molecule has 3 rings (SSSR count). The van der Waals surface area contributed by atoms with Gasteiger partial charge in [-0.25, -0.2) is 9.97 Å². The van der Waals surface area contributed by atoms with Crippen LogP contribution in [0.5, 0.6) is 0 Å². The van der Waals surface area contributed by atoms with E-state index in [2.05, 4.69) is 73.1 Å². The SMILES string of the molecule is Ic1cnc(NC2CCN(Cc3ccccc3)CC2)nc1. The van der Waals surface area contributed by atoms with Crippen LogP contribution in [0.2, 0.25) is 0 Å². The highest BCUT2D eigenvalue weighted by Crippen LogP contribution is 2.16. The first kappa shape index (κ1) is 14.7. The molecule has 1 N–H and O–H groups in total. The van der Waals surface area contributed by atoms with Crippen molar-refractivity contribution in [1.82, 2.24) is 14.9 Å². The largest absolute Gasteiger partial charge is 0.351 e. The van der Waals surface area contributed by atoms with Crippen LogP contribution in [-0.2, 0) is 6.54 Å². The third kappa shape index (κ3) is 4.38. The molecule has 0 aliphatic carbocycles. The number of likely N-dealkylation sites (tertiary alicyclic amines) is 1. The average Bonchev–Trinajstić information content (AvgIpc) is 2.53. The monoisotopic (exact) mass is 394 g/mol. The van der Waals surface area contributed by atoms with Crippen molar-refractivity contribution in [3.63, 3.8) is 0 Å². The first-order chi connectivity index (χ1) is 10.3. The predicted octanol–water partition coefficient (Wildman–Crippen LogP) is 3.16. The maximum Gasteiger partial charge on any atom is 0.222 e. The van der Waals surface area contributed by atoms with Crippen LogP contribution in [0.15, 0.2) is 42.7 Å². The molecule has 1 aliphatic rings. The van der Waals surface area contributed by atoms with Gasteiger partial charge in [0.25, 0.3) is 0 Å². The molecular formula is C16H19IN4. The summed E-state index contributed by atoms with van der Waals surface area (Å²) in [5, 5.41) is 3.44. The number of benzene rings is 1. The van der Waals surface area contributed by atoms with E-state index in [1.54, 1.807) is 0 Å². The Morgan fingerprint density at radius 1 is 1.10 bits per heavy atom. The summed E-state index contributed by atoms with van der Waals surface area (Å²) in [5.74, 6) is 0.747. The summed E-state index contributed by atoms with van der Waals surface area (Å²) in [6.07, 6.45) is 5.98. The molecule has 2 heterocycles. The molecular weight excluding hydrogens is 375 g/mol. The van der Waals surface area contributed by atoms with Crippen molar-refractivity contribution in [3.8, 4) is 0 Å². The molecule has 0 atom stereocenters. The molecule has 0 amide bonds. The van der Waals surface area contributed by atoms with Crippen molar-refractivity contribution >= 4 is 28.5 Å². The molecule has 5 heteroatoms. The molecule has 1 aliphatic heterocycles. The smallest absolute Gasteiger partial charge is 0.222 e. The fourth-order valence-corrected chi connectivity index (χ4v) is 2.92. The minimum Gasteiger partial charge on any atom is -0.351 e. The lowest BCUT2D eigenvalue weighted by molar-refractivity contribution is 0.211. The highest BCUT2D eigenvalue weighted by atomic mass is 127. The van der Waals surface area contributed by atoms with Gasteiger partial charge < -0.3 is 5.32 Å². The van der Waals surface area contributed by atoms with E-state index < -0.39 is 0 Å². The van der Waals surface area contributed by atoms with Crippen LogP contribution in [0.3, 0.4) is 0 Å². The molecule has 1 aromatic carbocycles. The van der Waals surface area contributed by atoms with Crippen LogP contribution < -0.4 is 5.32 Å². The molecule has 0 saturated carbocycles. The second-order valence-electron chi connectivity index (χ2n) is 5.41. The Morgan fingerprint density at radius 3 is 2.43 bits per heavy atom. The van der Waals surface area contributed by atoms with E-state index in [0.29, 0.717) is 6.04 Å². The summed E-state index contributed by atoms with van der Waals surface area (Å²) < 4.78 is 1.07. The van der Waals surface area contributed by atoms with E-state index in [1.165, 1.54) is 5.56 Å². The number of nitrogens with one attached hydrogen (secondary N) is 1. The molecule has 1 aromatic heterocycles. The number of nitrogens with zero attached hydrogens (tertiary/aromatic N) is 3. The fraction of sp³-hybridized carbons (Fsp3) is 0.375. The van der Waals surface area contributed by atoms with Crippen LogP contribution in [0.4, 0.5) is 5.95 Å². The third-order valence-corrected chi connectivity index (χ3v) is 4.35. The molecule has 0 spiro atoms. The van der Waals surface area contributed by atoms with Crippen LogP contribution in [-0.4, -0.2) is 34.0 Å². The van der Waals surface area contributed by atoms with Gasteiger partial charge >= 0.3 is 0 Å². The average molecular weight is 394 g/mol. The molecule has 110 valence electrons. The van der Waals surface area contributed by atoms with E-state index in [1.807, 2.05) is 12.4 Å². The van der Waals surface area contributed by atoms with Crippen LogP contribution in [0.25, 0.3) is 0 Å². The topological polar surface area (TPSA) is 41.1 Å². The van der Waals surface area contributed by atoms with E-state index in [9.17, 15) is 0 Å². The van der Waals surface area contributed by atoms with Crippen LogP contribution >= 0.6 is 22.6 Å². The normalized spacial score (nSPS) is 16.8. The zero-order chi connectivity index (χ0) is 14.5. The Balaban J connectivity index is 1.47. The first-order valence-electron chi connectivity index (χ1n) is 7.30. The molecule has 21 heavy (non-hydrogen) atoms.